The molecule has 1 heterocycles. The molecule has 1 N–H and O–H groups in total. The number of ether oxygens (including phenoxy) is 1. The van der Waals surface area contributed by atoms with E-state index in [4.69, 9.17) is 16.3 Å². The third-order valence-electron chi connectivity index (χ3n) is 5.32. The zero-order chi connectivity index (χ0) is 21.3. The van der Waals surface area contributed by atoms with E-state index in [0.29, 0.717) is 12.3 Å². The van der Waals surface area contributed by atoms with Crippen LogP contribution in [0.25, 0.3) is 0 Å². The van der Waals surface area contributed by atoms with E-state index in [0.717, 1.165) is 44.8 Å². The van der Waals surface area contributed by atoms with Crippen molar-refractivity contribution in [2.24, 2.45) is 0 Å². The first-order valence-corrected chi connectivity index (χ1v) is 10.8. The summed E-state index contributed by atoms with van der Waals surface area (Å²) in [5.41, 5.74) is 2.36. The fourth-order valence-corrected chi connectivity index (χ4v) is 3.57. The van der Waals surface area contributed by atoms with Crippen molar-refractivity contribution in [2.75, 3.05) is 39.3 Å². The Kier molecular flexibility index (Phi) is 8.49. The highest BCUT2D eigenvalue weighted by Gasteiger charge is 2.15. The number of hydrogen-bond donors (Lipinski definition) is 1. The van der Waals surface area contributed by atoms with E-state index >= 15 is 0 Å². The van der Waals surface area contributed by atoms with Gasteiger partial charge in [0.1, 0.15) is 11.6 Å². The molecule has 0 radical (unpaired) electrons. The van der Waals surface area contributed by atoms with Crippen molar-refractivity contribution in [3.63, 3.8) is 0 Å². The molecule has 0 aliphatic carbocycles. The van der Waals surface area contributed by atoms with Crippen LogP contribution in [0.15, 0.2) is 42.5 Å². The molecule has 1 saturated heterocycles. The summed E-state index contributed by atoms with van der Waals surface area (Å²) in [6, 6.07) is 12.5. The van der Waals surface area contributed by atoms with Gasteiger partial charge in [-0.3, -0.25) is 9.69 Å². The molecule has 2 aromatic rings. The standard InChI is InChI=1S/C23H29ClFN3O2/c1-2-27-10-12-28(13-11-27)17-19-5-3-18(4-6-19)16-26-23(29)9-14-30-20-7-8-22(25)21(24)15-20/h3-8,15H,2,9-14,16-17H2,1H3,(H,26,29). The monoisotopic (exact) mass is 433 g/mol. The SMILES string of the molecule is CCN1CCN(Cc2ccc(CNC(=O)CCOc3ccc(F)c(Cl)c3)cc2)CC1. The number of carbonyl (C=O) groups excluding carboxylic acids is 1. The van der Waals surface area contributed by atoms with Gasteiger partial charge in [-0.1, -0.05) is 42.8 Å². The van der Waals surface area contributed by atoms with Gasteiger partial charge in [0.05, 0.1) is 18.1 Å². The van der Waals surface area contributed by atoms with Crippen LogP contribution >= 0.6 is 11.6 Å². The van der Waals surface area contributed by atoms with E-state index < -0.39 is 5.82 Å². The van der Waals surface area contributed by atoms with Gasteiger partial charge in [0.2, 0.25) is 5.91 Å². The molecule has 2 aromatic carbocycles. The number of amides is 1. The maximum atomic E-state index is 13.1. The molecule has 7 heteroatoms. The zero-order valence-corrected chi connectivity index (χ0v) is 18.1. The predicted octanol–water partition coefficient (Wildman–Crippen LogP) is 3.70. The number of hydrogen-bond acceptors (Lipinski definition) is 4. The summed E-state index contributed by atoms with van der Waals surface area (Å²) in [4.78, 5) is 17.0. The maximum absolute atomic E-state index is 13.1. The van der Waals surface area contributed by atoms with Crippen LogP contribution in [0.3, 0.4) is 0 Å². The molecule has 0 bridgehead atoms. The van der Waals surface area contributed by atoms with Crippen molar-refractivity contribution in [2.45, 2.75) is 26.4 Å². The lowest BCUT2D eigenvalue weighted by Crippen LogP contribution is -2.45. The molecule has 1 fully saturated rings. The number of carbonyl (C=O) groups is 1. The van der Waals surface area contributed by atoms with Crippen LogP contribution in [0.1, 0.15) is 24.5 Å². The second-order valence-corrected chi connectivity index (χ2v) is 7.89. The molecular weight excluding hydrogens is 405 g/mol. The highest BCUT2D eigenvalue weighted by atomic mass is 35.5. The second-order valence-electron chi connectivity index (χ2n) is 7.48. The smallest absolute Gasteiger partial charge is 0.223 e. The maximum Gasteiger partial charge on any atom is 0.223 e. The lowest BCUT2D eigenvalue weighted by molar-refractivity contribution is -0.121. The molecule has 0 saturated carbocycles. The minimum atomic E-state index is -0.494. The fourth-order valence-electron chi connectivity index (χ4n) is 3.40. The zero-order valence-electron chi connectivity index (χ0n) is 17.4. The molecule has 0 atom stereocenters. The first-order chi connectivity index (χ1) is 14.5. The number of nitrogens with zero attached hydrogens (tertiary/aromatic N) is 2. The Labute approximate surface area is 182 Å². The van der Waals surface area contributed by atoms with Gasteiger partial charge in [-0.25, -0.2) is 4.39 Å². The number of halogens is 2. The quantitative estimate of drug-likeness (QED) is 0.655. The number of piperazine rings is 1. The Hall–Kier alpha value is -2.15. The van der Waals surface area contributed by atoms with E-state index in [9.17, 15) is 9.18 Å². The summed E-state index contributed by atoms with van der Waals surface area (Å²) in [6.07, 6.45) is 0.219. The van der Waals surface area contributed by atoms with Crippen LogP contribution in [-0.2, 0) is 17.9 Å². The normalized spacial score (nSPS) is 15.2. The number of rotatable bonds is 9. The van der Waals surface area contributed by atoms with Gasteiger partial charge in [0, 0.05) is 45.3 Å². The molecule has 1 amide bonds. The molecule has 30 heavy (non-hydrogen) atoms. The molecule has 5 nitrogen and oxygen atoms in total. The number of benzene rings is 2. The first kappa shape index (κ1) is 22.5. The Morgan fingerprint density at radius 3 is 2.40 bits per heavy atom. The summed E-state index contributed by atoms with van der Waals surface area (Å²) in [5, 5.41) is 2.90. The summed E-state index contributed by atoms with van der Waals surface area (Å²) in [7, 11) is 0. The molecule has 0 spiro atoms. The largest absolute Gasteiger partial charge is 0.493 e. The van der Waals surface area contributed by atoms with Gasteiger partial charge in [-0.05, 0) is 29.8 Å². The summed E-state index contributed by atoms with van der Waals surface area (Å²) in [6.45, 7) is 9.49. The average Bonchev–Trinajstić information content (AvgIpc) is 2.76. The molecule has 3 rings (SSSR count). The summed E-state index contributed by atoms with van der Waals surface area (Å²) < 4.78 is 18.6. The van der Waals surface area contributed by atoms with E-state index in [1.165, 1.54) is 23.8 Å². The van der Waals surface area contributed by atoms with Crippen molar-refractivity contribution >= 4 is 17.5 Å². The molecular formula is C23H29ClFN3O2. The fraction of sp³-hybridized carbons (Fsp3) is 0.435. The molecule has 1 aliphatic heterocycles. The number of nitrogens with one attached hydrogen (secondary N) is 1. The van der Waals surface area contributed by atoms with Crippen molar-refractivity contribution in [3.8, 4) is 5.75 Å². The van der Waals surface area contributed by atoms with Crippen LogP contribution < -0.4 is 10.1 Å². The minimum absolute atomic E-state index is 0.00335. The molecule has 0 unspecified atom stereocenters. The summed E-state index contributed by atoms with van der Waals surface area (Å²) in [5.74, 6) is -0.145. The van der Waals surface area contributed by atoms with Gasteiger partial charge >= 0.3 is 0 Å². The molecule has 162 valence electrons. The van der Waals surface area contributed by atoms with E-state index in [-0.39, 0.29) is 24.0 Å². The van der Waals surface area contributed by atoms with Crippen LogP contribution in [-0.4, -0.2) is 55.0 Å². The summed E-state index contributed by atoms with van der Waals surface area (Å²) >= 11 is 5.71. The third-order valence-corrected chi connectivity index (χ3v) is 5.61. The van der Waals surface area contributed by atoms with Crippen molar-refractivity contribution in [1.82, 2.24) is 15.1 Å². The topological polar surface area (TPSA) is 44.8 Å². The highest BCUT2D eigenvalue weighted by Crippen LogP contribution is 2.21. The Bertz CT molecular complexity index is 824. The Morgan fingerprint density at radius 1 is 1.07 bits per heavy atom. The Balaban J connectivity index is 1.35. The van der Waals surface area contributed by atoms with Gasteiger partial charge in [0.15, 0.2) is 0 Å². The second kappa shape index (κ2) is 11.3. The van der Waals surface area contributed by atoms with Crippen molar-refractivity contribution in [3.05, 3.63) is 64.4 Å². The third kappa shape index (κ3) is 6.97. The van der Waals surface area contributed by atoms with E-state index in [1.54, 1.807) is 0 Å². The van der Waals surface area contributed by atoms with Crippen LogP contribution in [0.2, 0.25) is 5.02 Å². The van der Waals surface area contributed by atoms with Crippen LogP contribution in [0, 0.1) is 5.82 Å². The molecule has 1 aliphatic rings. The van der Waals surface area contributed by atoms with Crippen LogP contribution in [0.4, 0.5) is 4.39 Å². The van der Waals surface area contributed by atoms with Gasteiger partial charge in [-0.2, -0.15) is 0 Å². The Morgan fingerprint density at radius 2 is 1.73 bits per heavy atom. The van der Waals surface area contributed by atoms with Crippen molar-refractivity contribution in [1.29, 1.82) is 0 Å². The van der Waals surface area contributed by atoms with E-state index in [1.807, 2.05) is 0 Å². The van der Waals surface area contributed by atoms with Crippen LogP contribution in [0.5, 0.6) is 5.75 Å². The molecule has 0 aromatic heterocycles. The lowest BCUT2D eigenvalue weighted by Gasteiger charge is -2.34. The van der Waals surface area contributed by atoms with E-state index in [2.05, 4.69) is 46.3 Å². The average molecular weight is 434 g/mol. The lowest BCUT2D eigenvalue weighted by atomic mass is 10.1. The minimum Gasteiger partial charge on any atom is -0.493 e. The number of likely N-dealkylation sites (N-methyl/N-ethyl adjacent to an activating group) is 1. The van der Waals surface area contributed by atoms with Crippen molar-refractivity contribution < 1.29 is 13.9 Å². The first-order valence-electron chi connectivity index (χ1n) is 10.4. The highest BCUT2D eigenvalue weighted by molar-refractivity contribution is 6.30. The van der Waals surface area contributed by atoms with Gasteiger partial charge < -0.3 is 15.0 Å². The van der Waals surface area contributed by atoms with Gasteiger partial charge in [0.25, 0.3) is 0 Å². The predicted molar refractivity (Wildman–Crippen MR) is 117 cm³/mol. The van der Waals surface area contributed by atoms with Gasteiger partial charge in [-0.15, -0.1) is 0 Å².